The fourth-order valence-electron chi connectivity index (χ4n) is 3.64. The van der Waals surface area contributed by atoms with Crippen LogP contribution < -0.4 is 14.2 Å². The number of ether oxygens (including phenoxy) is 3. The van der Waals surface area contributed by atoms with E-state index >= 15 is 0 Å². The van der Waals surface area contributed by atoms with Gasteiger partial charge in [0.05, 0.1) is 27.0 Å². The van der Waals surface area contributed by atoms with E-state index in [1.807, 2.05) is 12.1 Å². The Balaban J connectivity index is 1.96. The van der Waals surface area contributed by atoms with Crippen LogP contribution in [0.2, 0.25) is 0 Å². The highest BCUT2D eigenvalue weighted by atomic mass is 16.5. The Kier molecular flexibility index (Phi) is 6.08. The minimum atomic E-state index is 0.552. The monoisotopic (exact) mass is 426 g/mol. The maximum Gasteiger partial charge on any atom is 0.203 e. The molecule has 1 heterocycles. The average Bonchev–Trinajstić information content (AvgIpc) is 2.83. The maximum atomic E-state index is 5.59. The normalized spacial score (nSPS) is 10.7. The molecule has 162 valence electrons. The molecule has 0 aliphatic carbocycles. The zero-order chi connectivity index (χ0) is 22.7. The lowest BCUT2D eigenvalue weighted by atomic mass is 9.96. The van der Waals surface area contributed by atoms with Crippen molar-refractivity contribution in [1.82, 2.24) is 10.2 Å². The second-order valence-electron chi connectivity index (χ2n) is 7.64. The number of aryl methyl sites for hydroxylation is 2. The van der Waals surface area contributed by atoms with Gasteiger partial charge in [-0.1, -0.05) is 59.7 Å². The van der Waals surface area contributed by atoms with Gasteiger partial charge >= 0.3 is 0 Å². The van der Waals surface area contributed by atoms with Gasteiger partial charge in [-0.2, -0.15) is 0 Å². The van der Waals surface area contributed by atoms with E-state index in [0.717, 1.165) is 33.6 Å². The van der Waals surface area contributed by atoms with E-state index in [1.54, 1.807) is 21.3 Å². The number of benzene rings is 3. The Hall–Kier alpha value is -3.86. The molecule has 0 amide bonds. The fraction of sp³-hybridized carbons (Fsp3) is 0.185. The highest BCUT2D eigenvalue weighted by Gasteiger charge is 2.18. The first-order chi connectivity index (χ1) is 15.5. The molecule has 0 unspecified atom stereocenters. The van der Waals surface area contributed by atoms with E-state index in [9.17, 15) is 0 Å². The third kappa shape index (κ3) is 4.14. The summed E-state index contributed by atoms with van der Waals surface area (Å²) in [4.78, 5) is 0. The molecule has 0 N–H and O–H groups in total. The molecule has 5 nitrogen and oxygen atoms in total. The third-order valence-electron chi connectivity index (χ3n) is 5.44. The van der Waals surface area contributed by atoms with Crippen molar-refractivity contribution in [2.24, 2.45) is 0 Å². The average molecular weight is 427 g/mol. The molecule has 5 heteroatoms. The number of nitrogens with zero attached hydrogens (tertiary/aromatic N) is 2. The van der Waals surface area contributed by atoms with Gasteiger partial charge in [0, 0.05) is 16.7 Å². The van der Waals surface area contributed by atoms with E-state index in [-0.39, 0.29) is 0 Å². The minimum Gasteiger partial charge on any atom is -0.493 e. The van der Waals surface area contributed by atoms with Crippen LogP contribution in [0.25, 0.3) is 33.6 Å². The molecule has 1 aromatic heterocycles. The van der Waals surface area contributed by atoms with Crippen LogP contribution in [-0.4, -0.2) is 31.5 Å². The molecule has 0 atom stereocenters. The molecular weight excluding hydrogens is 400 g/mol. The van der Waals surface area contributed by atoms with E-state index < -0.39 is 0 Å². The Bertz CT molecular complexity index is 1210. The van der Waals surface area contributed by atoms with Crippen LogP contribution in [-0.2, 0) is 0 Å². The summed E-state index contributed by atoms with van der Waals surface area (Å²) in [6, 6.07) is 22.5. The van der Waals surface area contributed by atoms with Crippen molar-refractivity contribution in [1.29, 1.82) is 0 Å². The van der Waals surface area contributed by atoms with Gasteiger partial charge < -0.3 is 14.2 Å². The smallest absolute Gasteiger partial charge is 0.203 e. The van der Waals surface area contributed by atoms with Crippen LogP contribution in [0.5, 0.6) is 17.2 Å². The lowest BCUT2D eigenvalue weighted by Gasteiger charge is -2.16. The van der Waals surface area contributed by atoms with Crippen molar-refractivity contribution in [3.8, 4) is 50.9 Å². The van der Waals surface area contributed by atoms with Crippen LogP contribution in [0, 0.1) is 13.8 Å². The fourth-order valence-corrected chi connectivity index (χ4v) is 3.64. The second-order valence-corrected chi connectivity index (χ2v) is 7.64. The highest BCUT2D eigenvalue weighted by Crippen LogP contribution is 2.43. The second kappa shape index (κ2) is 9.10. The van der Waals surface area contributed by atoms with Crippen LogP contribution in [0.15, 0.2) is 66.7 Å². The van der Waals surface area contributed by atoms with Gasteiger partial charge in [-0.25, -0.2) is 0 Å². The quantitative estimate of drug-likeness (QED) is 0.372. The predicted octanol–water partition coefficient (Wildman–Crippen LogP) is 6.12. The van der Waals surface area contributed by atoms with Crippen LogP contribution >= 0.6 is 0 Å². The minimum absolute atomic E-state index is 0.552. The van der Waals surface area contributed by atoms with Crippen molar-refractivity contribution in [2.75, 3.05) is 21.3 Å². The molecule has 0 radical (unpaired) electrons. The predicted molar refractivity (Wildman–Crippen MR) is 127 cm³/mol. The Labute approximate surface area is 188 Å². The van der Waals surface area contributed by atoms with Crippen molar-refractivity contribution >= 4 is 0 Å². The summed E-state index contributed by atoms with van der Waals surface area (Å²) in [5.41, 5.74) is 7.79. The molecule has 0 bridgehead atoms. The van der Waals surface area contributed by atoms with Gasteiger partial charge in [0.1, 0.15) is 5.69 Å². The Morgan fingerprint density at radius 3 is 1.59 bits per heavy atom. The first-order valence-corrected chi connectivity index (χ1v) is 10.4. The van der Waals surface area contributed by atoms with E-state index in [4.69, 9.17) is 14.2 Å². The zero-order valence-electron chi connectivity index (χ0n) is 19.0. The standard InChI is InChI=1S/C27H26N2O3/c1-17-6-10-19(11-7-17)23-16-22(26(29-28-23)20-12-8-18(2)9-13-20)21-14-24(30-3)27(32-5)25(15-21)31-4/h6-16H,1-5H3. The molecule has 0 aliphatic heterocycles. The van der Waals surface area contributed by atoms with Gasteiger partial charge in [0.2, 0.25) is 5.75 Å². The van der Waals surface area contributed by atoms with E-state index in [1.165, 1.54) is 11.1 Å². The molecule has 0 saturated carbocycles. The van der Waals surface area contributed by atoms with Gasteiger partial charge in [-0.05, 0) is 37.6 Å². The molecule has 0 fully saturated rings. The lowest BCUT2D eigenvalue weighted by molar-refractivity contribution is 0.324. The van der Waals surface area contributed by atoms with Crippen molar-refractivity contribution < 1.29 is 14.2 Å². The number of methoxy groups -OCH3 is 3. The molecule has 0 spiro atoms. The molecule has 32 heavy (non-hydrogen) atoms. The van der Waals surface area contributed by atoms with Crippen molar-refractivity contribution in [3.63, 3.8) is 0 Å². The summed E-state index contributed by atoms with van der Waals surface area (Å²) in [5.74, 6) is 1.73. The summed E-state index contributed by atoms with van der Waals surface area (Å²) >= 11 is 0. The van der Waals surface area contributed by atoms with Gasteiger partial charge in [0.25, 0.3) is 0 Å². The zero-order valence-corrected chi connectivity index (χ0v) is 19.0. The van der Waals surface area contributed by atoms with E-state index in [2.05, 4.69) is 78.6 Å². The summed E-state index contributed by atoms with van der Waals surface area (Å²) < 4.78 is 16.7. The molecule has 0 aliphatic rings. The molecule has 4 aromatic rings. The number of rotatable bonds is 6. The Morgan fingerprint density at radius 2 is 1.09 bits per heavy atom. The third-order valence-corrected chi connectivity index (χ3v) is 5.44. The molecule has 0 saturated heterocycles. The summed E-state index contributed by atoms with van der Waals surface area (Å²) in [5, 5.41) is 9.19. The van der Waals surface area contributed by atoms with Crippen LogP contribution in [0.3, 0.4) is 0 Å². The van der Waals surface area contributed by atoms with Crippen LogP contribution in [0.1, 0.15) is 11.1 Å². The number of aromatic nitrogens is 2. The molecule has 3 aromatic carbocycles. The molecular formula is C27H26N2O3. The molecule has 4 rings (SSSR count). The maximum absolute atomic E-state index is 5.59. The van der Waals surface area contributed by atoms with Crippen LogP contribution in [0.4, 0.5) is 0 Å². The lowest BCUT2D eigenvalue weighted by Crippen LogP contribution is -1.99. The summed E-state index contributed by atoms with van der Waals surface area (Å²) in [6.45, 7) is 4.13. The first-order valence-electron chi connectivity index (χ1n) is 10.4. The SMILES string of the molecule is COc1cc(-c2cc(-c3ccc(C)cc3)nnc2-c2ccc(C)cc2)cc(OC)c1OC. The number of hydrogen-bond donors (Lipinski definition) is 0. The largest absolute Gasteiger partial charge is 0.493 e. The van der Waals surface area contributed by atoms with Crippen molar-refractivity contribution in [2.45, 2.75) is 13.8 Å². The van der Waals surface area contributed by atoms with Gasteiger partial charge in [-0.15, -0.1) is 10.2 Å². The Morgan fingerprint density at radius 1 is 0.562 bits per heavy atom. The topological polar surface area (TPSA) is 53.5 Å². The number of hydrogen-bond acceptors (Lipinski definition) is 5. The summed E-state index contributed by atoms with van der Waals surface area (Å²) in [7, 11) is 4.83. The van der Waals surface area contributed by atoms with Crippen molar-refractivity contribution in [3.05, 3.63) is 77.9 Å². The summed E-state index contributed by atoms with van der Waals surface area (Å²) in [6.07, 6.45) is 0. The first kappa shape index (κ1) is 21.4. The highest BCUT2D eigenvalue weighted by molar-refractivity contribution is 5.85. The van der Waals surface area contributed by atoms with E-state index in [0.29, 0.717) is 17.2 Å². The van der Waals surface area contributed by atoms with Gasteiger partial charge in [0.15, 0.2) is 11.5 Å². The van der Waals surface area contributed by atoms with Gasteiger partial charge in [-0.3, -0.25) is 0 Å².